The van der Waals surface area contributed by atoms with Gasteiger partial charge in [0.1, 0.15) is 40.9 Å². The molecule has 1 aromatic carbocycles. The summed E-state index contributed by atoms with van der Waals surface area (Å²) in [7, 11) is -3.25. The lowest BCUT2D eigenvalue weighted by molar-refractivity contribution is -0.142. The molecule has 2 saturated carbocycles. The van der Waals surface area contributed by atoms with Crippen molar-refractivity contribution in [2.45, 2.75) is 114 Å². The van der Waals surface area contributed by atoms with Gasteiger partial charge in [-0.2, -0.15) is 0 Å². The second-order valence-electron chi connectivity index (χ2n) is 16.3. The van der Waals surface area contributed by atoms with E-state index < -0.39 is 85.8 Å². The summed E-state index contributed by atoms with van der Waals surface area (Å²) in [5.41, 5.74) is -2.61. The molecule has 1 saturated heterocycles. The molecule has 0 spiro atoms. The minimum atomic E-state index is -4.69. The first kappa shape index (κ1) is 40.1. The van der Waals surface area contributed by atoms with Gasteiger partial charge in [0.2, 0.25) is 22.7 Å². The number of nitrogens with one attached hydrogen (secondary N) is 3. The molecular formula is C38H49F2N5O9S. The average Bonchev–Trinajstić information content (AvgIpc) is 3.98. The molecule has 3 heterocycles. The number of allylic oxidation sites excluding steroid dienone is 1. The lowest BCUT2D eigenvalue weighted by Crippen LogP contribution is -2.59. The molecule has 0 radical (unpaired) electrons. The molecule has 17 heteroatoms. The van der Waals surface area contributed by atoms with Crippen LogP contribution in [0.2, 0.25) is 0 Å². The number of alkyl carbamates (subject to hydrolysis) is 1. The van der Waals surface area contributed by atoms with Crippen LogP contribution in [0.1, 0.15) is 79.6 Å². The topological polar surface area (TPSA) is 182 Å². The smallest absolute Gasteiger partial charge is 0.408 e. The van der Waals surface area contributed by atoms with Gasteiger partial charge in [0.25, 0.3) is 15.9 Å². The monoisotopic (exact) mass is 789 g/mol. The molecule has 14 nitrogen and oxygen atoms in total. The van der Waals surface area contributed by atoms with Gasteiger partial charge in [0, 0.05) is 30.6 Å². The second-order valence-corrected chi connectivity index (χ2v) is 18.3. The van der Waals surface area contributed by atoms with E-state index in [1.807, 2.05) is 24.6 Å². The zero-order valence-electron chi connectivity index (χ0n) is 31.8. The minimum Gasteiger partial charge on any atom is -0.494 e. The molecule has 300 valence electrons. The first-order valence-corrected chi connectivity index (χ1v) is 20.1. The molecule has 1 aromatic heterocycles. The summed E-state index contributed by atoms with van der Waals surface area (Å²) in [5.74, 6) is -3.57. The van der Waals surface area contributed by atoms with Crippen LogP contribution in [-0.4, -0.2) is 90.1 Å². The van der Waals surface area contributed by atoms with Gasteiger partial charge in [0.05, 0.1) is 25.2 Å². The zero-order chi connectivity index (χ0) is 40.1. The lowest BCUT2D eigenvalue weighted by Gasteiger charge is -2.33. The van der Waals surface area contributed by atoms with Gasteiger partial charge in [0.15, 0.2) is 0 Å². The van der Waals surface area contributed by atoms with E-state index in [0.717, 1.165) is 0 Å². The number of halogens is 2. The Hall–Kier alpha value is -4.54. The predicted molar refractivity (Wildman–Crippen MR) is 196 cm³/mol. The number of amides is 4. The van der Waals surface area contributed by atoms with Crippen LogP contribution in [0.5, 0.6) is 11.6 Å². The molecule has 7 atom stereocenters. The van der Waals surface area contributed by atoms with Crippen LogP contribution in [0.4, 0.5) is 13.6 Å². The number of hydrogen-bond acceptors (Lipinski definition) is 10. The molecule has 2 aromatic rings. The van der Waals surface area contributed by atoms with Crippen LogP contribution in [0.3, 0.4) is 0 Å². The third-order valence-corrected chi connectivity index (χ3v) is 12.5. The number of carbonyl (C=O) groups excluding carboxylic acids is 4. The second kappa shape index (κ2) is 14.8. The number of aromatic nitrogens is 1. The first-order chi connectivity index (χ1) is 25.8. The summed E-state index contributed by atoms with van der Waals surface area (Å²) >= 11 is 0. The Labute approximate surface area is 319 Å². The highest BCUT2D eigenvalue weighted by molar-refractivity contribution is 7.91. The van der Waals surface area contributed by atoms with Crippen molar-refractivity contribution < 1.29 is 50.6 Å². The number of sulfonamides is 1. The third-order valence-electron chi connectivity index (χ3n) is 10.7. The minimum absolute atomic E-state index is 0.0233. The number of benzene rings is 1. The van der Waals surface area contributed by atoms with Crippen molar-refractivity contribution >= 4 is 44.6 Å². The number of nitrogens with zero attached hydrogens (tertiary/aromatic N) is 2. The van der Waals surface area contributed by atoms with E-state index in [-0.39, 0.29) is 49.4 Å². The number of pyridine rings is 1. The summed E-state index contributed by atoms with van der Waals surface area (Å²) in [6.07, 6.45) is 4.54. The maximum atomic E-state index is 14.8. The van der Waals surface area contributed by atoms with Crippen LogP contribution in [-0.2, 0) is 29.1 Å². The first-order valence-electron chi connectivity index (χ1n) is 18.6. The van der Waals surface area contributed by atoms with Crippen molar-refractivity contribution in [1.29, 1.82) is 0 Å². The quantitative estimate of drug-likeness (QED) is 0.340. The number of fused-ring (bicyclic) bond motifs is 3. The zero-order valence-corrected chi connectivity index (χ0v) is 32.6. The van der Waals surface area contributed by atoms with Gasteiger partial charge in [-0.25, -0.2) is 31.7 Å². The standard InChI is InChI=1S/C38H49F2N5O9S/c1-21-9-7-8-10-23-18-38(23,34(48)44-55(50,51)37(40)13-14-37)43-31(46)28-17-25(53-32-27-16-24(39)11-12-26(27)29(52-6)19-41-32)20-45(28)33(47)30(22(2)15-21)42-35(49)54-36(3,4)5/h8,10-12,16,19,21-23,25,28,30H,7,9,13-15,17-18,20H2,1-6H3,(H,42,49)(H,43,46)(H,44,48)/b10-8-/t21-,22-,23+,25-,28+,30+,38-/m1/s1. The Kier molecular flexibility index (Phi) is 10.8. The Morgan fingerprint density at radius 3 is 2.51 bits per heavy atom. The molecule has 0 unspecified atom stereocenters. The number of ether oxygens (including phenoxy) is 3. The summed E-state index contributed by atoms with van der Waals surface area (Å²) < 4.78 is 73.9. The largest absolute Gasteiger partial charge is 0.494 e. The summed E-state index contributed by atoms with van der Waals surface area (Å²) in [4.78, 5) is 61.6. The molecule has 6 rings (SSSR count). The molecule has 3 N–H and O–H groups in total. The number of rotatable bonds is 7. The van der Waals surface area contributed by atoms with E-state index in [4.69, 9.17) is 14.2 Å². The van der Waals surface area contributed by atoms with Gasteiger partial charge in [-0.3, -0.25) is 14.4 Å². The van der Waals surface area contributed by atoms with Gasteiger partial charge in [-0.15, -0.1) is 0 Å². The Bertz CT molecular complexity index is 2000. The third kappa shape index (κ3) is 8.50. The van der Waals surface area contributed by atoms with Gasteiger partial charge < -0.3 is 29.7 Å². The molecular weight excluding hydrogens is 741 g/mol. The van der Waals surface area contributed by atoms with Crippen molar-refractivity contribution in [1.82, 2.24) is 25.2 Å². The predicted octanol–water partition coefficient (Wildman–Crippen LogP) is 4.42. The summed E-state index contributed by atoms with van der Waals surface area (Å²) in [6, 6.07) is 1.59. The van der Waals surface area contributed by atoms with E-state index in [1.54, 1.807) is 26.8 Å². The molecule has 4 amide bonds. The molecule has 0 bridgehead atoms. The SMILES string of the molecule is COc1cnc(O[C@@H]2C[C@H]3C(=O)N[C@]4(C(=O)NS(=O)(=O)C5(F)CC5)C[C@@H]4/C=C\CC[C@@H](C)C[C@@H](C)[C@H](NC(=O)OC(C)(C)C)C(=O)N3C2)c2cc(F)ccc12. The number of carbonyl (C=O) groups is 4. The number of alkyl halides is 1. The maximum absolute atomic E-state index is 14.8. The van der Waals surface area contributed by atoms with Crippen LogP contribution in [0, 0.1) is 23.6 Å². The van der Waals surface area contributed by atoms with Gasteiger partial charge in [-0.05, 0) is 76.5 Å². The van der Waals surface area contributed by atoms with E-state index in [0.29, 0.717) is 30.4 Å². The highest BCUT2D eigenvalue weighted by Crippen LogP contribution is 2.48. The molecule has 2 aliphatic heterocycles. The maximum Gasteiger partial charge on any atom is 0.408 e. The normalized spacial score (nSPS) is 30.1. The summed E-state index contributed by atoms with van der Waals surface area (Å²) in [5, 5.41) is 3.71. The van der Waals surface area contributed by atoms with Crippen LogP contribution in [0.25, 0.3) is 10.8 Å². The average molecular weight is 790 g/mol. The highest BCUT2D eigenvalue weighted by Gasteiger charge is 2.64. The van der Waals surface area contributed by atoms with Crippen molar-refractivity contribution in [3.05, 3.63) is 42.4 Å². The van der Waals surface area contributed by atoms with E-state index in [2.05, 4.69) is 15.6 Å². The van der Waals surface area contributed by atoms with Crippen molar-refractivity contribution in [3.8, 4) is 11.6 Å². The Morgan fingerprint density at radius 1 is 1.11 bits per heavy atom. The van der Waals surface area contributed by atoms with Crippen molar-refractivity contribution in [2.75, 3.05) is 13.7 Å². The van der Waals surface area contributed by atoms with Crippen molar-refractivity contribution in [2.24, 2.45) is 17.8 Å². The van der Waals surface area contributed by atoms with Crippen molar-refractivity contribution in [3.63, 3.8) is 0 Å². The highest BCUT2D eigenvalue weighted by atomic mass is 32.2. The van der Waals surface area contributed by atoms with E-state index in [9.17, 15) is 36.4 Å². The molecule has 2 aliphatic carbocycles. The number of hydrogen-bond donors (Lipinski definition) is 3. The lowest BCUT2D eigenvalue weighted by atomic mass is 9.88. The fourth-order valence-electron chi connectivity index (χ4n) is 7.50. The van der Waals surface area contributed by atoms with Crippen LogP contribution < -0.4 is 24.8 Å². The fraction of sp³-hybridized carbons (Fsp3) is 0.605. The number of methoxy groups -OCH3 is 1. The molecule has 4 aliphatic rings. The summed E-state index contributed by atoms with van der Waals surface area (Å²) in [6.45, 7) is 8.75. The van der Waals surface area contributed by atoms with Gasteiger partial charge in [-0.1, -0.05) is 26.0 Å². The Morgan fingerprint density at radius 2 is 1.84 bits per heavy atom. The molecule has 3 fully saturated rings. The Balaban J connectivity index is 1.36. The van der Waals surface area contributed by atoms with Gasteiger partial charge >= 0.3 is 6.09 Å². The van der Waals surface area contributed by atoms with E-state index in [1.165, 1.54) is 36.4 Å². The fourth-order valence-corrected chi connectivity index (χ4v) is 8.75. The van der Waals surface area contributed by atoms with Crippen LogP contribution >= 0.6 is 0 Å². The van der Waals surface area contributed by atoms with E-state index >= 15 is 0 Å². The van der Waals surface area contributed by atoms with Crippen LogP contribution in [0.15, 0.2) is 36.5 Å². The molecule has 55 heavy (non-hydrogen) atoms.